The molecule has 75 heavy (non-hydrogen) atoms. The van der Waals surface area contributed by atoms with Crippen LogP contribution in [0.2, 0.25) is 0 Å². The average Bonchev–Trinajstić information content (AvgIpc) is 3.36. The molecule has 6 saturated heterocycles. The fraction of sp³-hybridized carbons (Fsp3) is 0.943. The number of aliphatic hydroxyl groups excluding tert-OH is 11. The predicted molar refractivity (Wildman–Crippen MR) is 255 cm³/mol. The Hall–Kier alpha value is -1.59. The number of hydrogen-bond donors (Lipinski definition) is 12. The monoisotopic (exact) mass is 1070 g/mol. The second-order valence-corrected chi connectivity index (χ2v) is 25.8. The molecule has 12 N–H and O–H groups in total. The largest absolute Gasteiger partial charge is 0.456 e. The first kappa shape index (κ1) is 56.7. The summed E-state index contributed by atoms with van der Waals surface area (Å²) in [4.78, 5) is 13.9. The van der Waals surface area contributed by atoms with Crippen LogP contribution in [0.3, 0.4) is 0 Å². The Bertz CT molecular complexity index is 2140. The highest BCUT2D eigenvalue weighted by molar-refractivity contribution is 5.82. The highest BCUT2D eigenvalue weighted by Gasteiger charge is 2.77. The van der Waals surface area contributed by atoms with E-state index in [0.717, 1.165) is 32.1 Å². The van der Waals surface area contributed by atoms with Crippen LogP contribution in [0.1, 0.15) is 113 Å². The van der Waals surface area contributed by atoms with Crippen molar-refractivity contribution in [1.82, 2.24) is 0 Å². The minimum absolute atomic E-state index is 0.110. The number of esters is 1. The van der Waals surface area contributed by atoms with Crippen molar-refractivity contribution in [3.63, 3.8) is 0 Å². The number of ether oxygens (including phenoxy) is 9. The molecule has 5 aliphatic carbocycles. The molecule has 29 atom stereocenters. The summed E-state index contributed by atoms with van der Waals surface area (Å²) in [6, 6.07) is 0. The molecule has 11 rings (SSSR count). The topological polar surface area (TPSA) is 343 Å². The Balaban J connectivity index is 0.936. The van der Waals surface area contributed by atoms with Crippen molar-refractivity contribution >= 4 is 5.97 Å². The van der Waals surface area contributed by atoms with Crippen molar-refractivity contribution in [3.8, 4) is 0 Å². The second kappa shape index (κ2) is 19.6. The minimum atomic E-state index is -1.96. The second-order valence-electron chi connectivity index (χ2n) is 25.8. The third-order valence-corrected chi connectivity index (χ3v) is 21.9. The fourth-order valence-electron chi connectivity index (χ4n) is 16.9. The molecule has 1 spiro atoms. The van der Waals surface area contributed by atoms with E-state index in [1.807, 2.05) is 13.8 Å². The Kier molecular flexibility index (Phi) is 14.8. The zero-order valence-corrected chi connectivity index (χ0v) is 44.3. The molecule has 0 radical (unpaired) electrons. The van der Waals surface area contributed by atoms with E-state index in [1.54, 1.807) is 0 Å². The Morgan fingerprint density at radius 2 is 1.19 bits per heavy atom. The zero-order chi connectivity index (χ0) is 54.5. The Morgan fingerprint density at radius 3 is 1.84 bits per heavy atom. The van der Waals surface area contributed by atoms with Crippen molar-refractivity contribution in [2.75, 3.05) is 19.8 Å². The van der Waals surface area contributed by atoms with E-state index in [1.165, 1.54) is 12.5 Å². The van der Waals surface area contributed by atoms with Gasteiger partial charge in [-0.05, 0) is 112 Å². The summed E-state index contributed by atoms with van der Waals surface area (Å²) in [5, 5.41) is 132. The van der Waals surface area contributed by atoms with Crippen LogP contribution in [0.5, 0.6) is 0 Å². The molecular formula is C53H84O22. The van der Waals surface area contributed by atoms with Gasteiger partial charge in [0.15, 0.2) is 25.2 Å². The Labute approximate surface area is 437 Å². The standard InChI is InChI=1S/C53H84O22/c1-22-30(57)33(60)36(63)42(68-22)74-40-38(72-45-39(35(62)32(59)26(20-55)70-45)73-43-37(64)34(61)31(58)25(19-54)69-43)24(56)21-67-44(40)71-29-12-13-48(4)27(47(29,2)3)11-14-50(6)28(48)10-9-23-41-52(8,66)51(7)16-18-53(41,46(65)75-51)17-15-49(23,50)5/h9,22,24-45,54-64,66H,10-21H2,1-8H3/t22-,24-,25+,26+,27-,28+,29-,30-,31+,32+,33+,34-,35-,36+,37+,38-,39+,40+,41+,42-,43-,44-,45-,48-,49+,50+,51-,52-,53+/m0/s1. The lowest BCUT2D eigenvalue weighted by Crippen LogP contribution is -2.75. The van der Waals surface area contributed by atoms with Crippen LogP contribution < -0.4 is 0 Å². The molecule has 0 unspecified atom stereocenters. The van der Waals surface area contributed by atoms with E-state index in [-0.39, 0.29) is 40.0 Å². The third kappa shape index (κ3) is 8.34. The van der Waals surface area contributed by atoms with Crippen molar-refractivity contribution in [2.45, 2.75) is 247 Å². The molecule has 0 amide bonds. The van der Waals surface area contributed by atoms with Gasteiger partial charge in [0.1, 0.15) is 96.7 Å². The van der Waals surface area contributed by atoms with Crippen LogP contribution in [0, 0.1) is 44.8 Å². The average molecular weight is 1070 g/mol. The fourth-order valence-corrected chi connectivity index (χ4v) is 16.9. The van der Waals surface area contributed by atoms with Gasteiger partial charge in [0, 0.05) is 5.92 Å². The third-order valence-electron chi connectivity index (χ3n) is 21.9. The number of hydrogen-bond acceptors (Lipinski definition) is 22. The van der Waals surface area contributed by atoms with E-state index < -0.39 is 165 Å². The molecule has 0 aromatic carbocycles. The summed E-state index contributed by atoms with van der Waals surface area (Å²) in [5.74, 6) is -0.192. The molecular weight excluding hydrogens is 989 g/mol. The van der Waals surface area contributed by atoms with Gasteiger partial charge in [-0.2, -0.15) is 0 Å². The summed E-state index contributed by atoms with van der Waals surface area (Å²) >= 11 is 0. The SMILES string of the molecule is C[C@@H]1O[C@@H](O[C@H]2[C@H](O[C@H]3CC[C@]4(C)[C@H]5CC=C6[C@H]7[C@]8(CC[C@](C)(OC8=O)[C@@]7(C)O)CC[C@@]6(C)[C@]5(C)CC[C@H]4C3(C)C)OC[C@H](O)[C@@H]2O[C@@H]2O[C@H](CO)[C@@H](O)[C@H](O)[C@H]2O[C@@H]2O[C@H](CO)[C@@H](O)[C@H](O)[C@H]2O)[C@H](O)[C@H](O)[C@H]1O. The lowest BCUT2D eigenvalue weighted by molar-refractivity contribution is -0.401. The van der Waals surface area contributed by atoms with Crippen LogP contribution in [0.15, 0.2) is 11.6 Å². The molecule has 6 heterocycles. The van der Waals surface area contributed by atoms with Gasteiger partial charge in [-0.1, -0.05) is 46.3 Å². The van der Waals surface area contributed by atoms with Crippen LogP contribution in [0.4, 0.5) is 0 Å². The molecule has 4 saturated carbocycles. The quantitative estimate of drug-likeness (QED) is 0.0692. The molecule has 0 aromatic rings. The molecule has 22 heteroatoms. The van der Waals surface area contributed by atoms with Crippen molar-refractivity contribution in [1.29, 1.82) is 0 Å². The van der Waals surface area contributed by atoms with Crippen molar-refractivity contribution in [3.05, 3.63) is 11.6 Å². The van der Waals surface area contributed by atoms with E-state index in [0.29, 0.717) is 25.7 Å². The first-order chi connectivity index (χ1) is 35.1. The summed E-state index contributed by atoms with van der Waals surface area (Å²) in [7, 11) is 0. The summed E-state index contributed by atoms with van der Waals surface area (Å²) in [6.07, 6.45) is -23.3. The van der Waals surface area contributed by atoms with Gasteiger partial charge in [0.25, 0.3) is 0 Å². The first-order valence-corrected chi connectivity index (χ1v) is 27.3. The maximum absolute atomic E-state index is 13.9. The van der Waals surface area contributed by atoms with Crippen molar-refractivity contribution < 1.29 is 109 Å². The van der Waals surface area contributed by atoms with E-state index in [2.05, 4.69) is 40.7 Å². The highest BCUT2D eigenvalue weighted by Crippen LogP contribution is 2.77. The summed E-state index contributed by atoms with van der Waals surface area (Å²) in [6.45, 7) is 14.7. The predicted octanol–water partition coefficient (Wildman–Crippen LogP) is -1.24. The molecule has 0 aromatic heterocycles. The van der Waals surface area contributed by atoms with E-state index in [4.69, 9.17) is 42.6 Å². The molecule has 22 nitrogen and oxygen atoms in total. The number of carbonyl (C=O) groups excluding carboxylic acids is 1. The normalized spacial score (nSPS) is 57.4. The van der Waals surface area contributed by atoms with Gasteiger partial charge in [0.2, 0.25) is 0 Å². The lowest BCUT2D eigenvalue weighted by Gasteiger charge is -2.73. The maximum atomic E-state index is 13.9. The number of carbonyl (C=O) groups is 1. The van der Waals surface area contributed by atoms with Crippen LogP contribution in [-0.4, -0.2) is 221 Å². The molecule has 10 fully saturated rings. The number of fused-ring (bicyclic) bond motifs is 7. The van der Waals surface area contributed by atoms with E-state index >= 15 is 0 Å². The molecule has 11 aliphatic rings. The van der Waals surface area contributed by atoms with Gasteiger partial charge >= 0.3 is 5.97 Å². The Morgan fingerprint density at radius 1 is 0.600 bits per heavy atom. The van der Waals surface area contributed by atoms with E-state index in [9.17, 15) is 66.1 Å². The zero-order valence-electron chi connectivity index (χ0n) is 44.3. The van der Waals surface area contributed by atoms with Gasteiger partial charge in [0.05, 0.1) is 37.4 Å². The van der Waals surface area contributed by atoms with Crippen molar-refractivity contribution in [2.24, 2.45) is 44.8 Å². The number of aliphatic hydroxyl groups is 12. The minimum Gasteiger partial charge on any atom is -0.456 e. The molecule has 2 bridgehead atoms. The van der Waals surface area contributed by atoms with Crippen LogP contribution in [-0.2, 0) is 47.4 Å². The maximum Gasteiger partial charge on any atom is 0.313 e. The first-order valence-electron chi connectivity index (χ1n) is 27.3. The lowest BCUT2D eigenvalue weighted by atomic mass is 9.32. The molecule has 6 aliphatic heterocycles. The summed E-state index contributed by atoms with van der Waals surface area (Å²) in [5.41, 5.74) is -2.99. The highest BCUT2D eigenvalue weighted by atomic mass is 16.8. The smallest absolute Gasteiger partial charge is 0.313 e. The van der Waals surface area contributed by atoms with Gasteiger partial charge in [-0.25, -0.2) is 0 Å². The van der Waals surface area contributed by atoms with Gasteiger partial charge in [-0.15, -0.1) is 0 Å². The number of rotatable bonds is 10. The van der Waals surface area contributed by atoms with Gasteiger partial charge < -0.3 is 104 Å². The molecule has 428 valence electrons. The van der Waals surface area contributed by atoms with Gasteiger partial charge in [-0.3, -0.25) is 4.79 Å². The summed E-state index contributed by atoms with van der Waals surface area (Å²) < 4.78 is 55.6. The van der Waals surface area contributed by atoms with Crippen LogP contribution >= 0.6 is 0 Å². The van der Waals surface area contributed by atoms with Crippen LogP contribution in [0.25, 0.3) is 0 Å². The number of allylic oxidation sites excluding steroid dienone is 1.